The highest BCUT2D eigenvalue weighted by atomic mass is 16.5. The predicted octanol–water partition coefficient (Wildman–Crippen LogP) is 3.56. The summed E-state index contributed by atoms with van der Waals surface area (Å²) >= 11 is 0. The van der Waals surface area contributed by atoms with Crippen LogP contribution in [0.4, 0.5) is 0 Å². The molecule has 0 amide bonds. The van der Waals surface area contributed by atoms with Gasteiger partial charge in [0.15, 0.2) is 0 Å². The maximum atomic E-state index is 6.30. The SMILES string of the molecule is COc1ccc(OC2CN(C)CCC2c2ccccc2)cc1. The number of rotatable bonds is 4. The van der Waals surface area contributed by atoms with Crippen molar-refractivity contribution in [2.24, 2.45) is 0 Å². The molecule has 3 heteroatoms. The highest BCUT2D eigenvalue weighted by Crippen LogP contribution is 2.31. The molecule has 1 heterocycles. The molecule has 0 saturated carbocycles. The lowest BCUT2D eigenvalue weighted by atomic mass is 9.87. The summed E-state index contributed by atoms with van der Waals surface area (Å²) in [5.74, 6) is 2.20. The number of hydrogen-bond acceptors (Lipinski definition) is 3. The molecule has 0 aliphatic carbocycles. The summed E-state index contributed by atoms with van der Waals surface area (Å²) in [6.07, 6.45) is 1.30. The minimum atomic E-state index is 0.176. The Morgan fingerprint density at radius 1 is 0.955 bits per heavy atom. The van der Waals surface area contributed by atoms with Crippen molar-refractivity contribution >= 4 is 0 Å². The fraction of sp³-hybridized carbons (Fsp3) is 0.368. The molecule has 3 rings (SSSR count). The van der Waals surface area contributed by atoms with Gasteiger partial charge in [-0.2, -0.15) is 0 Å². The number of piperidine rings is 1. The van der Waals surface area contributed by atoms with Crippen LogP contribution in [-0.4, -0.2) is 38.3 Å². The number of ether oxygens (including phenoxy) is 2. The third-order valence-corrected chi connectivity index (χ3v) is 4.34. The fourth-order valence-electron chi connectivity index (χ4n) is 3.10. The summed E-state index contributed by atoms with van der Waals surface area (Å²) in [6.45, 7) is 2.06. The Hall–Kier alpha value is -2.00. The smallest absolute Gasteiger partial charge is 0.120 e. The normalized spacial score (nSPS) is 22.3. The molecule has 0 bridgehead atoms. The first-order chi connectivity index (χ1) is 10.8. The van der Waals surface area contributed by atoms with E-state index in [1.807, 2.05) is 24.3 Å². The Balaban J connectivity index is 1.77. The lowest BCUT2D eigenvalue weighted by molar-refractivity contribution is 0.0830. The minimum Gasteiger partial charge on any atom is -0.497 e. The molecule has 22 heavy (non-hydrogen) atoms. The lowest BCUT2D eigenvalue weighted by Gasteiger charge is -2.37. The van der Waals surface area contributed by atoms with Crippen LogP contribution in [0.25, 0.3) is 0 Å². The zero-order chi connectivity index (χ0) is 15.4. The standard InChI is InChI=1S/C19H23NO2/c1-20-13-12-18(15-6-4-3-5-7-15)19(14-20)22-17-10-8-16(21-2)9-11-17/h3-11,18-19H,12-14H2,1-2H3. The molecule has 2 aromatic rings. The van der Waals surface area contributed by atoms with Gasteiger partial charge in [0.2, 0.25) is 0 Å². The maximum Gasteiger partial charge on any atom is 0.120 e. The van der Waals surface area contributed by atoms with E-state index in [0.717, 1.165) is 31.0 Å². The summed E-state index contributed by atoms with van der Waals surface area (Å²) in [6, 6.07) is 18.6. The van der Waals surface area contributed by atoms with Crippen LogP contribution in [0.15, 0.2) is 54.6 Å². The minimum absolute atomic E-state index is 0.176. The van der Waals surface area contributed by atoms with Gasteiger partial charge in [0.1, 0.15) is 17.6 Å². The van der Waals surface area contributed by atoms with Gasteiger partial charge in [0, 0.05) is 12.5 Å². The van der Waals surface area contributed by atoms with Crippen molar-refractivity contribution in [3.8, 4) is 11.5 Å². The molecule has 0 N–H and O–H groups in total. The second-order valence-corrected chi connectivity index (χ2v) is 5.90. The molecule has 2 atom stereocenters. The topological polar surface area (TPSA) is 21.7 Å². The van der Waals surface area contributed by atoms with Crippen molar-refractivity contribution in [3.63, 3.8) is 0 Å². The van der Waals surface area contributed by atoms with E-state index in [2.05, 4.69) is 42.3 Å². The first-order valence-corrected chi connectivity index (χ1v) is 7.80. The predicted molar refractivity (Wildman–Crippen MR) is 88.7 cm³/mol. The largest absolute Gasteiger partial charge is 0.497 e. The van der Waals surface area contributed by atoms with Crippen molar-refractivity contribution < 1.29 is 9.47 Å². The van der Waals surface area contributed by atoms with Gasteiger partial charge in [-0.1, -0.05) is 30.3 Å². The highest BCUT2D eigenvalue weighted by molar-refractivity contribution is 5.32. The van der Waals surface area contributed by atoms with E-state index in [4.69, 9.17) is 9.47 Å². The summed E-state index contributed by atoms with van der Waals surface area (Å²) in [5.41, 5.74) is 1.37. The van der Waals surface area contributed by atoms with Crippen LogP contribution in [0, 0.1) is 0 Å². The molecule has 1 fully saturated rings. The first-order valence-electron chi connectivity index (χ1n) is 7.80. The first kappa shape index (κ1) is 14.9. The highest BCUT2D eigenvalue weighted by Gasteiger charge is 2.30. The zero-order valence-corrected chi connectivity index (χ0v) is 13.2. The second-order valence-electron chi connectivity index (χ2n) is 5.90. The van der Waals surface area contributed by atoms with Gasteiger partial charge >= 0.3 is 0 Å². The third-order valence-electron chi connectivity index (χ3n) is 4.34. The van der Waals surface area contributed by atoms with Crippen LogP contribution in [0.1, 0.15) is 17.9 Å². The molecular formula is C19H23NO2. The Kier molecular flexibility index (Phi) is 4.64. The van der Waals surface area contributed by atoms with Gasteiger partial charge in [0.05, 0.1) is 7.11 Å². The van der Waals surface area contributed by atoms with Crippen molar-refractivity contribution in [2.75, 3.05) is 27.2 Å². The van der Waals surface area contributed by atoms with E-state index in [1.165, 1.54) is 5.56 Å². The number of methoxy groups -OCH3 is 1. The zero-order valence-electron chi connectivity index (χ0n) is 13.2. The fourth-order valence-corrected chi connectivity index (χ4v) is 3.10. The van der Waals surface area contributed by atoms with Crippen LogP contribution < -0.4 is 9.47 Å². The molecule has 1 aliphatic rings. The molecule has 1 saturated heterocycles. The Bertz CT molecular complexity index is 582. The molecule has 1 aliphatic heterocycles. The Labute approximate surface area is 132 Å². The molecule has 0 spiro atoms. The Morgan fingerprint density at radius 2 is 1.64 bits per heavy atom. The van der Waals surface area contributed by atoms with E-state index in [1.54, 1.807) is 7.11 Å². The van der Waals surface area contributed by atoms with Crippen molar-refractivity contribution in [2.45, 2.75) is 18.4 Å². The second kappa shape index (κ2) is 6.84. The monoisotopic (exact) mass is 297 g/mol. The molecule has 0 aromatic heterocycles. The van der Waals surface area contributed by atoms with Crippen LogP contribution in [0.5, 0.6) is 11.5 Å². The van der Waals surface area contributed by atoms with E-state index < -0.39 is 0 Å². The van der Waals surface area contributed by atoms with E-state index in [-0.39, 0.29) is 6.10 Å². The van der Waals surface area contributed by atoms with Crippen molar-refractivity contribution in [1.82, 2.24) is 4.90 Å². The third kappa shape index (κ3) is 3.42. The van der Waals surface area contributed by atoms with E-state index in [0.29, 0.717) is 5.92 Å². The van der Waals surface area contributed by atoms with Gasteiger partial charge in [-0.3, -0.25) is 0 Å². The molecule has 116 valence electrons. The number of likely N-dealkylation sites (N-methyl/N-ethyl adjacent to an activating group) is 1. The van der Waals surface area contributed by atoms with Crippen LogP contribution in [-0.2, 0) is 0 Å². The van der Waals surface area contributed by atoms with E-state index in [9.17, 15) is 0 Å². The average Bonchev–Trinajstić information content (AvgIpc) is 2.56. The number of benzene rings is 2. The quantitative estimate of drug-likeness (QED) is 0.861. The molecule has 0 radical (unpaired) electrons. The van der Waals surface area contributed by atoms with Crippen LogP contribution in [0.2, 0.25) is 0 Å². The average molecular weight is 297 g/mol. The van der Waals surface area contributed by atoms with Gasteiger partial charge in [-0.05, 0) is 49.8 Å². The van der Waals surface area contributed by atoms with Crippen molar-refractivity contribution in [3.05, 3.63) is 60.2 Å². The summed E-state index contributed by atoms with van der Waals surface area (Å²) in [7, 11) is 3.84. The van der Waals surface area contributed by atoms with Crippen molar-refractivity contribution in [1.29, 1.82) is 0 Å². The number of hydrogen-bond donors (Lipinski definition) is 0. The summed E-state index contributed by atoms with van der Waals surface area (Å²) in [4.78, 5) is 2.34. The molecular weight excluding hydrogens is 274 g/mol. The van der Waals surface area contributed by atoms with Gasteiger partial charge in [-0.15, -0.1) is 0 Å². The van der Waals surface area contributed by atoms with Gasteiger partial charge in [0.25, 0.3) is 0 Å². The molecule has 2 aromatic carbocycles. The van der Waals surface area contributed by atoms with Crippen LogP contribution in [0.3, 0.4) is 0 Å². The van der Waals surface area contributed by atoms with Crippen LogP contribution >= 0.6 is 0 Å². The number of likely N-dealkylation sites (tertiary alicyclic amines) is 1. The van der Waals surface area contributed by atoms with Gasteiger partial charge < -0.3 is 14.4 Å². The summed E-state index contributed by atoms with van der Waals surface area (Å²) in [5, 5.41) is 0. The van der Waals surface area contributed by atoms with E-state index >= 15 is 0 Å². The van der Waals surface area contributed by atoms with Gasteiger partial charge in [-0.25, -0.2) is 0 Å². The lowest BCUT2D eigenvalue weighted by Crippen LogP contribution is -2.43. The maximum absolute atomic E-state index is 6.30. The summed E-state index contributed by atoms with van der Waals surface area (Å²) < 4.78 is 11.5. The Morgan fingerprint density at radius 3 is 2.32 bits per heavy atom. The number of nitrogens with zero attached hydrogens (tertiary/aromatic N) is 1. The molecule has 3 nitrogen and oxygen atoms in total. The molecule has 2 unspecified atom stereocenters.